The van der Waals surface area contributed by atoms with Crippen molar-refractivity contribution in [1.82, 2.24) is 5.32 Å². The minimum absolute atomic E-state index is 0.00754. The summed E-state index contributed by atoms with van der Waals surface area (Å²) in [4.78, 5) is 12.2. The Morgan fingerprint density at radius 2 is 1.52 bits per heavy atom. The second-order valence-corrected chi connectivity index (χ2v) is 5.96. The van der Waals surface area contributed by atoms with Crippen LogP contribution in [-0.4, -0.2) is 25.7 Å². The van der Waals surface area contributed by atoms with E-state index in [0.717, 1.165) is 28.4 Å². The van der Waals surface area contributed by atoms with Crippen LogP contribution < -0.4 is 19.5 Å². The third-order valence-corrected chi connectivity index (χ3v) is 4.00. The zero-order chi connectivity index (χ0) is 19.5. The molecule has 0 heterocycles. The van der Waals surface area contributed by atoms with Crippen LogP contribution in [0.25, 0.3) is 0 Å². The summed E-state index contributed by atoms with van der Waals surface area (Å²) >= 11 is 0. The van der Waals surface area contributed by atoms with Crippen LogP contribution in [0.15, 0.2) is 42.5 Å². The van der Waals surface area contributed by atoms with E-state index < -0.39 is 0 Å². The smallest absolute Gasteiger partial charge is 0.220 e. The van der Waals surface area contributed by atoms with Crippen LogP contribution in [-0.2, 0) is 17.8 Å². The molecule has 0 saturated heterocycles. The second kappa shape index (κ2) is 11.1. The van der Waals surface area contributed by atoms with Gasteiger partial charge in [0.15, 0.2) is 11.5 Å². The molecule has 0 radical (unpaired) electrons. The van der Waals surface area contributed by atoms with Gasteiger partial charge in [-0.3, -0.25) is 4.79 Å². The third kappa shape index (κ3) is 6.51. The molecule has 0 aliphatic rings. The van der Waals surface area contributed by atoms with Gasteiger partial charge in [0, 0.05) is 18.5 Å². The van der Waals surface area contributed by atoms with E-state index in [1.54, 1.807) is 0 Å². The van der Waals surface area contributed by atoms with Gasteiger partial charge in [-0.25, -0.2) is 0 Å². The fourth-order valence-corrected chi connectivity index (χ4v) is 2.74. The summed E-state index contributed by atoms with van der Waals surface area (Å²) in [6, 6.07) is 13.6. The van der Waals surface area contributed by atoms with Crippen molar-refractivity contribution < 1.29 is 19.0 Å². The normalized spacial score (nSPS) is 10.3. The molecule has 2 aromatic rings. The van der Waals surface area contributed by atoms with Crippen molar-refractivity contribution in [2.24, 2.45) is 0 Å². The Morgan fingerprint density at radius 1 is 0.852 bits per heavy atom. The van der Waals surface area contributed by atoms with Crippen LogP contribution in [0.5, 0.6) is 17.2 Å². The molecule has 1 N–H and O–H groups in total. The molecular formula is C22H29NO4. The van der Waals surface area contributed by atoms with E-state index in [2.05, 4.69) is 5.32 Å². The van der Waals surface area contributed by atoms with Gasteiger partial charge in [0.2, 0.25) is 5.91 Å². The molecule has 5 heteroatoms. The van der Waals surface area contributed by atoms with Crippen molar-refractivity contribution in [2.45, 2.75) is 40.2 Å². The number of amides is 1. The minimum Gasteiger partial charge on any atom is -0.494 e. The van der Waals surface area contributed by atoms with Crippen molar-refractivity contribution in [2.75, 3.05) is 19.8 Å². The first kappa shape index (κ1) is 20.6. The van der Waals surface area contributed by atoms with Gasteiger partial charge >= 0.3 is 0 Å². The maximum absolute atomic E-state index is 12.2. The average Bonchev–Trinajstić information content (AvgIpc) is 2.68. The highest BCUT2D eigenvalue weighted by Crippen LogP contribution is 2.29. The zero-order valence-electron chi connectivity index (χ0n) is 16.4. The molecule has 146 valence electrons. The molecule has 2 aromatic carbocycles. The SMILES string of the molecule is CCOc1ccccc1CNC(=O)CCc1ccc(OCC)c(OCC)c1. The van der Waals surface area contributed by atoms with E-state index in [9.17, 15) is 4.79 Å². The Balaban J connectivity index is 1.89. The molecule has 0 fully saturated rings. The lowest BCUT2D eigenvalue weighted by Crippen LogP contribution is -2.23. The van der Waals surface area contributed by atoms with Gasteiger partial charge in [-0.05, 0) is 51.0 Å². The number of carbonyl (C=O) groups excluding carboxylic acids is 1. The summed E-state index contributed by atoms with van der Waals surface area (Å²) in [5.41, 5.74) is 2.03. The predicted molar refractivity (Wildman–Crippen MR) is 107 cm³/mol. The van der Waals surface area contributed by atoms with Crippen LogP contribution in [0.3, 0.4) is 0 Å². The van der Waals surface area contributed by atoms with Gasteiger partial charge in [-0.2, -0.15) is 0 Å². The first-order valence-electron chi connectivity index (χ1n) is 9.53. The van der Waals surface area contributed by atoms with Crippen LogP contribution in [0.4, 0.5) is 0 Å². The number of hydrogen-bond acceptors (Lipinski definition) is 4. The third-order valence-electron chi connectivity index (χ3n) is 4.00. The maximum Gasteiger partial charge on any atom is 0.220 e. The maximum atomic E-state index is 12.2. The molecular weight excluding hydrogens is 342 g/mol. The number of rotatable bonds is 11. The highest BCUT2D eigenvalue weighted by Gasteiger charge is 2.09. The van der Waals surface area contributed by atoms with E-state index in [4.69, 9.17) is 14.2 Å². The van der Waals surface area contributed by atoms with Crippen LogP contribution in [0.2, 0.25) is 0 Å². The van der Waals surface area contributed by atoms with Crippen molar-refractivity contribution >= 4 is 5.91 Å². The molecule has 0 aliphatic carbocycles. The Kier molecular flexibility index (Phi) is 8.49. The fourth-order valence-electron chi connectivity index (χ4n) is 2.74. The van der Waals surface area contributed by atoms with Gasteiger partial charge in [0.25, 0.3) is 0 Å². The number of hydrogen-bond donors (Lipinski definition) is 1. The molecule has 0 spiro atoms. The highest BCUT2D eigenvalue weighted by atomic mass is 16.5. The van der Waals surface area contributed by atoms with Gasteiger partial charge in [0.1, 0.15) is 5.75 Å². The van der Waals surface area contributed by atoms with Gasteiger partial charge < -0.3 is 19.5 Å². The summed E-state index contributed by atoms with van der Waals surface area (Å²) < 4.78 is 16.8. The van der Waals surface area contributed by atoms with Crippen LogP contribution in [0, 0.1) is 0 Å². The molecule has 0 bridgehead atoms. The Hall–Kier alpha value is -2.69. The lowest BCUT2D eigenvalue weighted by molar-refractivity contribution is -0.121. The highest BCUT2D eigenvalue weighted by molar-refractivity contribution is 5.76. The van der Waals surface area contributed by atoms with Crippen molar-refractivity contribution in [3.05, 3.63) is 53.6 Å². The largest absolute Gasteiger partial charge is 0.494 e. The summed E-state index contributed by atoms with van der Waals surface area (Å²) in [6.45, 7) is 8.05. The van der Waals surface area contributed by atoms with Gasteiger partial charge in [-0.15, -0.1) is 0 Å². The molecule has 5 nitrogen and oxygen atoms in total. The van der Waals surface area contributed by atoms with E-state index in [-0.39, 0.29) is 5.91 Å². The predicted octanol–water partition coefficient (Wildman–Crippen LogP) is 4.13. The topological polar surface area (TPSA) is 56.8 Å². The van der Waals surface area contributed by atoms with Crippen molar-refractivity contribution in [3.63, 3.8) is 0 Å². The summed E-state index contributed by atoms with van der Waals surface area (Å²) in [6.07, 6.45) is 1.06. The second-order valence-electron chi connectivity index (χ2n) is 5.96. The molecule has 1 amide bonds. The molecule has 27 heavy (non-hydrogen) atoms. The summed E-state index contributed by atoms with van der Waals surface area (Å²) in [5, 5.41) is 2.96. The van der Waals surface area contributed by atoms with Crippen molar-refractivity contribution in [1.29, 1.82) is 0 Å². The number of carbonyl (C=O) groups is 1. The van der Waals surface area contributed by atoms with E-state index in [1.807, 2.05) is 63.2 Å². The number of benzene rings is 2. The Labute approximate surface area is 161 Å². The molecule has 0 saturated carbocycles. The monoisotopic (exact) mass is 371 g/mol. The Bertz CT molecular complexity index is 730. The van der Waals surface area contributed by atoms with E-state index in [0.29, 0.717) is 39.2 Å². The first-order chi connectivity index (χ1) is 13.2. The molecule has 0 atom stereocenters. The van der Waals surface area contributed by atoms with Gasteiger partial charge in [-0.1, -0.05) is 24.3 Å². The molecule has 0 unspecified atom stereocenters. The fraction of sp³-hybridized carbons (Fsp3) is 0.409. The molecule has 0 aliphatic heterocycles. The average molecular weight is 371 g/mol. The van der Waals surface area contributed by atoms with E-state index >= 15 is 0 Å². The zero-order valence-corrected chi connectivity index (χ0v) is 16.4. The summed E-state index contributed by atoms with van der Waals surface area (Å²) in [7, 11) is 0. The number of para-hydroxylation sites is 1. The van der Waals surface area contributed by atoms with Crippen LogP contribution in [0.1, 0.15) is 38.3 Å². The van der Waals surface area contributed by atoms with E-state index in [1.165, 1.54) is 0 Å². The van der Waals surface area contributed by atoms with Crippen molar-refractivity contribution in [3.8, 4) is 17.2 Å². The molecule has 2 rings (SSSR count). The Morgan fingerprint density at radius 3 is 2.26 bits per heavy atom. The minimum atomic E-state index is 0.00754. The number of ether oxygens (including phenoxy) is 3. The first-order valence-corrected chi connectivity index (χ1v) is 9.53. The number of aryl methyl sites for hydroxylation is 1. The molecule has 0 aromatic heterocycles. The van der Waals surface area contributed by atoms with Gasteiger partial charge in [0.05, 0.1) is 19.8 Å². The lowest BCUT2D eigenvalue weighted by Gasteiger charge is -2.13. The standard InChI is InChI=1S/C22H29NO4/c1-4-25-19-10-8-7-9-18(19)16-23-22(24)14-12-17-11-13-20(26-5-2)21(15-17)27-6-3/h7-11,13,15H,4-6,12,14,16H2,1-3H3,(H,23,24). The summed E-state index contributed by atoms with van der Waals surface area (Å²) in [5.74, 6) is 2.28. The lowest BCUT2D eigenvalue weighted by atomic mass is 10.1. The quantitative estimate of drug-likeness (QED) is 0.645. The van der Waals surface area contributed by atoms with Crippen LogP contribution >= 0.6 is 0 Å². The number of nitrogens with one attached hydrogen (secondary N) is 1.